The summed E-state index contributed by atoms with van der Waals surface area (Å²) >= 11 is 0. The molecule has 0 saturated carbocycles. The number of rotatable bonds is 3. The number of fused-ring (bicyclic) bond motifs is 1. The van der Waals surface area contributed by atoms with E-state index in [2.05, 4.69) is 14.8 Å². The highest BCUT2D eigenvalue weighted by Gasteiger charge is 2.19. The highest BCUT2D eigenvalue weighted by molar-refractivity contribution is 5.93. The van der Waals surface area contributed by atoms with E-state index in [1.54, 1.807) is 24.4 Å². The molecule has 1 aromatic heterocycles. The highest BCUT2D eigenvalue weighted by atomic mass is 19.1. The van der Waals surface area contributed by atoms with Crippen molar-refractivity contribution in [3.8, 4) is 0 Å². The molecule has 1 aliphatic rings. The summed E-state index contributed by atoms with van der Waals surface area (Å²) in [5, 5.41) is 0.966. The van der Waals surface area contributed by atoms with E-state index < -0.39 is 5.91 Å². The van der Waals surface area contributed by atoms with Crippen LogP contribution < -0.4 is 15.5 Å². The van der Waals surface area contributed by atoms with E-state index >= 15 is 0 Å². The fraction of sp³-hybridized carbons (Fsp3) is 0.200. The summed E-state index contributed by atoms with van der Waals surface area (Å²) in [4.78, 5) is 20.0. The number of benzene rings is 2. The first-order chi connectivity index (χ1) is 12.6. The number of hydrogen-bond donors (Lipinski definition) is 1. The predicted molar refractivity (Wildman–Crippen MR) is 101 cm³/mol. The molecule has 132 valence electrons. The van der Waals surface area contributed by atoms with Crippen LogP contribution in [0.4, 0.5) is 15.8 Å². The standard InChI is InChI=1S/C20H19FN4O/c21-15-3-6-17-18(13-15)23-8-7-19(17)25-11-9-24(10-12-25)16-4-1-14(2-5-16)20(22)26/h1-8,13H,9-12H2,(H2,22,26). The van der Waals surface area contributed by atoms with Crippen molar-refractivity contribution < 1.29 is 9.18 Å². The number of hydrogen-bond acceptors (Lipinski definition) is 4. The molecule has 1 aliphatic heterocycles. The number of carbonyl (C=O) groups is 1. The number of pyridine rings is 1. The summed E-state index contributed by atoms with van der Waals surface area (Å²) in [6.45, 7) is 3.43. The molecule has 0 spiro atoms. The molecule has 1 saturated heterocycles. The smallest absolute Gasteiger partial charge is 0.248 e. The number of nitrogens with two attached hydrogens (primary N) is 1. The number of aromatic nitrogens is 1. The largest absolute Gasteiger partial charge is 0.368 e. The average molecular weight is 350 g/mol. The van der Waals surface area contributed by atoms with Gasteiger partial charge >= 0.3 is 0 Å². The summed E-state index contributed by atoms with van der Waals surface area (Å²) in [5.41, 5.74) is 8.64. The Kier molecular flexibility index (Phi) is 4.16. The van der Waals surface area contributed by atoms with Crippen molar-refractivity contribution in [1.29, 1.82) is 0 Å². The Balaban J connectivity index is 1.51. The molecule has 0 bridgehead atoms. The number of primary amides is 1. The molecular weight excluding hydrogens is 331 g/mol. The Hall–Kier alpha value is -3.15. The molecule has 0 unspecified atom stereocenters. The predicted octanol–water partition coefficient (Wildman–Crippen LogP) is 2.80. The summed E-state index contributed by atoms with van der Waals surface area (Å²) in [6.07, 6.45) is 1.73. The van der Waals surface area contributed by atoms with E-state index in [4.69, 9.17) is 5.73 Å². The van der Waals surface area contributed by atoms with Gasteiger partial charge < -0.3 is 15.5 Å². The van der Waals surface area contributed by atoms with Gasteiger partial charge in [-0.1, -0.05) is 0 Å². The van der Waals surface area contributed by atoms with Crippen LogP contribution in [0.1, 0.15) is 10.4 Å². The van der Waals surface area contributed by atoms with E-state index in [1.165, 1.54) is 12.1 Å². The van der Waals surface area contributed by atoms with Crippen LogP contribution >= 0.6 is 0 Å². The maximum Gasteiger partial charge on any atom is 0.248 e. The van der Waals surface area contributed by atoms with Gasteiger partial charge in [0.15, 0.2) is 0 Å². The zero-order chi connectivity index (χ0) is 18.1. The van der Waals surface area contributed by atoms with E-state index in [1.807, 2.05) is 18.2 Å². The van der Waals surface area contributed by atoms with Gasteiger partial charge in [-0.25, -0.2) is 4.39 Å². The minimum absolute atomic E-state index is 0.272. The molecule has 5 nitrogen and oxygen atoms in total. The van der Waals surface area contributed by atoms with E-state index in [0.29, 0.717) is 11.1 Å². The second kappa shape index (κ2) is 6.63. The number of carbonyl (C=O) groups excluding carboxylic acids is 1. The molecule has 26 heavy (non-hydrogen) atoms. The Morgan fingerprint density at radius 2 is 1.65 bits per heavy atom. The minimum atomic E-state index is -0.414. The maximum atomic E-state index is 13.4. The number of nitrogens with zero attached hydrogens (tertiary/aromatic N) is 3. The molecular formula is C20H19FN4O. The molecule has 0 radical (unpaired) electrons. The third-order valence-corrected chi connectivity index (χ3v) is 4.82. The van der Waals surface area contributed by atoms with Crippen molar-refractivity contribution in [2.45, 2.75) is 0 Å². The Labute approximate surface area is 150 Å². The second-order valence-corrected chi connectivity index (χ2v) is 6.38. The van der Waals surface area contributed by atoms with E-state index in [9.17, 15) is 9.18 Å². The minimum Gasteiger partial charge on any atom is -0.368 e. The number of halogens is 1. The van der Waals surface area contributed by atoms with Gasteiger partial charge in [0.1, 0.15) is 5.82 Å². The lowest BCUT2D eigenvalue weighted by atomic mass is 10.1. The zero-order valence-corrected chi connectivity index (χ0v) is 14.2. The van der Waals surface area contributed by atoms with Crippen LogP contribution in [0.5, 0.6) is 0 Å². The summed E-state index contributed by atoms with van der Waals surface area (Å²) in [6, 6.07) is 14.1. The topological polar surface area (TPSA) is 62.5 Å². The Morgan fingerprint density at radius 3 is 2.35 bits per heavy atom. The lowest BCUT2D eigenvalue weighted by Crippen LogP contribution is -2.46. The van der Waals surface area contributed by atoms with Crippen LogP contribution in [-0.2, 0) is 0 Å². The third kappa shape index (κ3) is 3.06. The number of amides is 1. The first-order valence-electron chi connectivity index (χ1n) is 8.56. The van der Waals surface area contributed by atoms with Crippen molar-refractivity contribution in [2.75, 3.05) is 36.0 Å². The summed E-state index contributed by atoms with van der Waals surface area (Å²) in [7, 11) is 0. The summed E-state index contributed by atoms with van der Waals surface area (Å²) in [5.74, 6) is -0.686. The van der Waals surface area contributed by atoms with E-state index in [0.717, 1.165) is 42.9 Å². The average Bonchev–Trinajstić information content (AvgIpc) is 2.67. The lowest BCUT2D eigenvalue weighted by Gasteiger charge is -2.37. The van der Waals surface area contributed by atoms with Gasteiger partial charge in [0.2, 0.25) is 5.91 Å². The van der Waals surface area contributed by atoms with Gasteiger partial charge in [-0.2, -0.15) is 0 Å². The molecule has 3 aromatic rings. The van der Waals surface area contributed by atoms with Crippen LogP contribution in [0, 0.1) is 5.82 Å². The maximum absolute atomic E-state index is 13.4. The quantitative estimate of drug-likeness (QED) is 0.789. The number of anilines is 2. The molecule has 4 rings (SSSR count). The monoisotopic (exact) mass is 350 g/mol. The molecule has 0 aliphatic carbocycles. The van der Waals surface area contributed by atoms with E-state index in [-0.39, 0.29) is 5.82 Å². The normalized spacial score (nSPS) is 14.7. The number of piperazine rings is 1. The Morgan fingerprint density at radius 1 is 0.962 bits per heavy atom. The van der Waals surface area contributed by atoms with Crippen molar-refractivity contribution >= 4 is 28.2 Å². The van der Waals surface area contributed by atoms with Crippen molar-refractivity contribution in [3.63, 3.8) is 0 Å². The van der Waals surface area contributed by atoms with Gasteiger partial charge in [0.25, 0.3) is 0 Å². The molecule has 1 fully saturated rings. The lowest BCUT2D eigenvalue weighted by molar-refractivity contribution is 0.100. The molecule has 2 aromatic carbocycles. The van der Waals surface area contributed by atoms with Crippen LogP contribution in [-0.4, -0.2) is 37.1 Å². The molecule has 2 N–H and O–H groups in total. The van der Waals surface area contributed by atoms with Crippen molar-refractivity contribution in [1.82, 2.24) is 4.98 Å². The van der Waals surface area contributed by atoms with Gasteiger partial charge in [-0.05, 0) is 42.5 Å². The van der Waals surface area contributed by atoms with Crippen molar-refractivity contribution in [2.24, 2.45) is 5.73 Å². The fourth-order valence-electron chi connectivity index (χ4n) is 3.42. The van der Waals surface area contributed by atoms with Gasteiger partial charge in [0, 0.05) is 60.8 Å². The summed E-state index contributed by atoms with van der Waals surface area (Å²) < 4.78 is 13.4. The van der Waals surface area contributed by atoms with Crippen LogP contribution in [0.3, 0.4) is 0 Å². The third-order valence-electron chi connectivity index (χ3n) is 4.82. The molecule has 0 atom stereocenters. The second-order valence-electron chi connectivity index (χ2n) is 6.38. The molecule has 1 amide bonds. The highest BCUT2D eigenvalue weighted by Crippen LogP contribution is 2.27. The van der Waals surface area contributed by atoms with Gasteiger partial charge in [-0.15, -0.1) is 0 Å². The van der Waals surface area contributed by atoms with Crippen molar-refractivity contribution in [3.05, 3.63) is 66.1 Å². The Bertz CT molecular complexity index is 950. The van der Waals surface area contributed by atoms with Crippen LogP contribution in [0.25, 0.3) is 10.9 Å². The van der Waals surface area contributed by atoms with Crippen LogP contribution in [0.2, 0.25) is 0 Å². The fourth-order valence-corrected chi connectivity index (χ4v) is 3.42. The van der Waals surface area contributed by atoms with Gasteiger partial charge in [-0.3, -0.25) is 9.78 Å². The SMILES string of the molecule is NC(=O)c1ccc(N2CCN(c3ccnc4cc(F)ccc34)CC2)cc1. The van der Waals surface area contributed by atoms with Gasteiger partial charge in [0.05, 0.1) is 5.52 Å². The van der Waals surface area contributed by atoms with Crippen LogP contribution in [0.15, 0.2) is 54.7 Å². The first kappa shape index (κ1) is 16.3. The molecule has 2 heterocycles. The first-order valence-corrected chi connectivity index (χ1v) is 8.56. The molecule has 6 heteroatoms. The zero-order valence-electron chi connectivity index (χ0n) is 14.2.